The second kappa shape index (κ2) is 4.50. The van der Waals surface area contributed by atoms with E-state index in [-0.39, 0.29) is 5.54 Å². The van der Waals surface area contributed by atoms with Gasteiger partial charge in [-0.15, -0.1) is 0 Å². The molecule has 0 saturated carbocycles. The van der Waals surface area contributed by atoms with Gasteiger partial charge >= 0.3 is 0 Å². The third-order valence-electron chi connectivity index (χ3n) is 3.57. The molecule has 0 radical (unpaired) electrons. The number of thiophene rings is 1. The number of rotatable bonds is 1. The molecule has 0 fully saturated rings. The van der Waals surface area contributed by atoms with Gasteiger partial charge < -0.3 is 5.32 Å². The molecule has 1 aromatic heterocycles. The van der Waals surface area contributed by atoms with Gasteiger partial charge in [0, 0.05) is 22.2 Å². The largest absolute Gasteiger partial charge is 0.376 e. The molecule has 3 heteroatoms. The quantitative estimate of drug-likeness (QED) is 0.807. The van der Waals surface area contributed by atoms with Gasteiger partial charge in [-0.2, -0.15) is 16.6 Å². The van der Waals surface area contributed by atoms with Crippen molar-refractivity contribution < 1.29 is 0 Å². The smallest absolute Gasteiger partial charge is 0.101 e. The van der Waals surface area contributed by atoms with Crippen molar-refractivity contribution in [3.8, 4) is 17.2 Å². The molecule has 0 bridgehead atoms. The minimum atomic E-state index is -0.0151. The van der Waals surface area contributed by atoms with Crippen molar-refractivity contribution in [2.75, 3.05) is 5.32 Å². The van der Waals surface area contributed by atoms with Gasteiger partial charge in [0.15, 0.2) is 0 Å². The first-order valence-corrected chi connectivity index (χ1v) is 7.53. The van der Waals surface area contributed by atoms with Crippen LogP contribution in [-0.2, 0) is 0 Å². The number of hydrogen-bond donors (Lipinski definition) is 1. The normalized spacial score (nSPS) is 15.8. The molecule has 0 spiro atoms. The van der Waals surface area contributed by atoms with E-state index in [1.165, 1.54) is 11.1 Å². The summed E-state index contributed by atoms with van der Waals surface area (Å²) in [4.78, 5) is 0. The summed E-state index contributed by atoms with van der Waals surface area (Å²) in [6.45, 7) is 6.48. The Hall–Kier alpha value is -2.05. The molecule has 0 amide bonds. The zero-order valence-electron chi connectivity index (χ0n) is 11.8. The summed E-state index contributed by atoms with van der Waals surface area (Å²) >= 11 is 1.57. The number of allylic oxidation sites excluding steroid dienone is 1. The first kappa shape index (κ1) is 13.0. The van der Waals surface area contributed by atoms with Crippen LogP contribution in [0.1, 0.15) is 31.9 Å². The minimum Gasteiger partial charge on any atom is -0.376 e. The van der Waals surface area contributed by atoms with E-state index in [1.807, 2.05) is 10.8 Å². The molecule has 20 heavy (non-hydrogen) atoms. The Balaban J connectivity index is 2.12. The Labute approximate surface area is 123 Å². The zero-order valence-corrected chi connectivity index (χ0v) is 12.6. The Morgan fingerprint density at radius 3 is 2.75 bits per heavy atom. The van der Waals surface area contributed by atoms with Crippen molar-refractivity contribution in [3.05, 3.63) is 46.2 Å². The maximum Gasteiger partial charge on any atom is 0.101 e. The number of fused-ring (bicyclic) bond motifs is 1. The van der Waals surface area contributed by atoms with E-state index in [0.717, 1.165) is 22.4 Å². The summed E-state index contributed by atoms with van der Waals surface area (Å²) in [6, 6.07) is 8.63. The second-order valence-electron chi connectivity index (χ2n) is 5.75. The predicted molar refractivity (Wildman–Crippen MR) is 85.8 cm³/mol. The van der Waals surface area contributed by atoms with E-state index in [0.29, 0.717) is 0 Å². The Kier molecular flexibility index (Phi) is 2.92. The molecule has 3 rings (SSSR count). The molecule has 2 heterocycles. The van der Waals surface area contributed by atoms with E-state index < -0.39 is 0 Å². The molecule has 0 aliphatic carbocycles. The molecule has 1 N–H and O–H groups in total. The molecule has 100 valence electrons. The van der Waals surface area contributed by atoms with Gasteiger partial charge in [-0.1, -0.05) is 12.1 Å². The highest BCUT2D eigenvalue weighted by atomic mass is 32.1. The maximum absolute atomic E-state index is 9.16. The van der Waals surface area contributed by atoms with Crippen LogP contribution in [0.2, 0.25) is 0 Å². The van der Waals surface area contributed by atoms with Crippen LogP contribution in [0.15, 0.2) is 35.0 Å². The van der Waals surface area contributed by atoms with Gasteiger partial charge in [0.1, 0.15) is 6.07 Å². The van der Waals surface area contributed by atoms with Crippen LogP contribution in [0.4, 0.5) is 5.69 Å². The average Bonchev–Trinajstić information content (AvgIpc) is 2.85. The minimum absolute atomic E-state index is 0.0151. The van der Waals surface area contributed by atoms with Crippen molar-refractivity contribution in [2.45, 2.75) is 26.3 Å². The number of nitrogens with zero attached hydrogens (tertiary/aromatic N) is 1. The van der Waals surface area contributed by atoms with Gasteiger partial charge in [0.2, 0.25) is 0 Å². The first-order chi connectivity index (χ1) is 9.50. The van der Waals surface area contributed by atoms with Crippen LogP contribution in [0, 0.1) is 11.3 Å². The van der Waals surface area contributed by atoms with E-state index in [4.69, 9.17) is 5.26 Å². The number of benzene rings is 1. The van der Waals surface area contributed by atoms with Gasteiger partial charge in [-0.25, -0.2) is 0 Å². The standard InChI is InChI=1S/C17H16N2S/c1-11-7-17(2,3)19-16-5-4-12(6-14(11)16)15-10-20-9-13(15)8-18/h4-7,9-10,19H,1-3H3. The summed E-state index contributed by atoms with van der Waals surface area (Å²) < 4.78 is 0. The van der Waals surface area contributed by atoms with Gasteiger partial charge in [0.05, 0.1) is 11.1 Å². The lowest BCUT2D eigenvalue weighted by Gasteiger charge is -2.31. The Morgan fingerprint density at radius 2 is 2.00 bits per heavy atom. The van der Waals surface area contributed by atoms with Crippen molar-refractivity contribution in [3.63, 3.8) is 0 Å². The SMILES string of the molecule is CC1=CC(C)(C)Nc2ccc(-c3cscc3C#N)cc21. The van der Waals surface area contributed by atoms with Crippen LogP contribution in [0.25, 0.3) is 16.7 Å². The van der Waals surface area contributed by atoms with Crippen molar-refractivity contribution in [1.82, 2.24) is 0 Å². The zero-order chi connectivity index (χ0) is 14.3. The lowest BCUT2D eigenvalue weighted by atomic mass is 9.89. The lowest BCUT2D eigenvalue weighted by molar-refractivity contribution is 0.707. The van der Waals surface area contributed by atoms with Gasteiger partial charge in [-0.3, -0.25) is 0 Å². The molecule has 1 aliphatic rings. The van der Waals surface area contributed by atoms with Crippen molar-refractivity contribution in [2.24, 2.45) is 0 Å². The maximum atomic E-state index is 9.16. The van der Waals surface area contributed by atoms with E-state index in [1.54, 1.807) is 11.3 Å². The predicted octanol–water partition coefficient (Wildman–Crippen LogP) is 4.89. The molecular weight excluding hydrogens is 264 g/mol. The molecule has 1 aliphatic heterocycles. The number of nitrogens with one attached hydrogen (secondary N) is 1. The van der Waals surface area contributed by atoms with Crippen molar-refractivity contribution >= 4 is 22.6 Å². The lowest BCUT2D eigenvalue weighted by Crippen LogP contribution is -2.31. The van der Waals surface area contributed by atoms with Crippen LogP contribution >= 0.6 is 11.3 Å². The monoisotopic (exact) mass is 280 g/mol. The van der Waals surface area contributed by atoms with E-state index in [9.17, 15) is 0 Å². The summed E-state index contributed by atoms with van der Waals surface area (Å²) in [6.07, 6.45) is 2.25. The van der Waals surface area contributed by atoms with E-state index in [2.05, 4.69) is 56.4 Å². The topological polar surface area (TPSA) is 35.8 Å². The first-order valence-electron chi connectivity index (χ1n) is 6.59. The third kappa shape index (κ3) is 2.13. The Morgan fingerprint density at radius 1 is 1.20 bits per heavy atom. The number of hydrogen-bond acceptors (Lipinski definition) is 3. The highest BCUT2D eigenvalue weighted by Gasteiger charge is 2.22. The fraction of sp³-hybridized carbons (Fsp3) is 0.235. The summed E-state index contributed by atoms with van der Waals surface area (Å²) in [5.74, 6) is 0. The molecule has 0 unspecified atom stereocenters. The molecular formula is C17H16N2S. The molecule has 0 atom stereocenters. The van der Waals surface area contributed by atoms with Crippen LogP contribution in [0.5, 0.6) is 0 Å². The van der Waals surface area contributed by atoms with Crippen LogP contribution in [-0.4, -0.2) is 5.54 Å². The third-order valence-corrected chi connectivity index (χ3v) is 4.32. The summed E-state index contributed by atoms with van der Waals surface area (Å²) in [5.41, 5.74) is 6.52. The van der Waals surface area contributed by atoms with Gasteiger partial charge in [0.25, 0.3) is 0 Å². The van der Waals surface area contributed by atoms with E-state index >= 15 is 0 Å². The molecule has 1 aromatic carbocycles. The molecule has 0 saturated heterocycles. The fourth-order valence-electron chi connectivity index (χ4n) is 2.76. The molecule has 2 aromatic rings. The summed E-state index contributed by atoms with van der Waals surface area (Å²) in [5, 5.41) is 16.6. The highest BCUT2D eigenvalue weighted by molar-refractivity contribution is 7.08. The average molecular weight is 280 g/mol. The van der Waals surface area contributed by atoms with Crippen molar-refractivity contribution in [1.29, 1.82) is 5.26 Å². The fourth-order valence-corrected chi connectivity index (χ4v) is 3.54. The number of anilines is 1. The second-order valence-corrected chi connectivity index (χ2v) is 6.49. The van der Waals surface area contributed by atoms with Crippen LogP contribution < -0.4 is 5.32 Å². The summed E-state index contributed by atoms with van der Waals surface area (Å²) in [7, 11) is 0. The number of nitriles is 1. The van der Waals surface area contributed by atoms with Crippen LogP contribution in [0.3, 0.4) is 0 Å². The Bertz CT molecular complexity index is 745. The highest BCUT2D eigenvalue weighted by Crippen LogP contribution is 2.37. The molecule has 2 nitrogen and oxygen atoms in total. The van der Waals surface area contributed by atoms with Gasteiger partial charge in [-0.05, 0) is 49.4 Å².